The molecule has 2 atom stereocenters. The molecule has 0 radical (unpaired) electrons. The highest BCUT2D eigenvalue weighted by atomic mass is 32.1. The number of nitrogens with zero attached hydrogens (tertiary/aromatic N) is 3. The van der Waals surface area contributed by atoms with E-state index in [4.69, 9.17) is 17.0 Å². The van der Waals surface area contributed by atoms with Gasteiger partial charge in [-0.3, -0.25) is 4.98 Å². The third-order valence-electron chi connectivity index (χ3n) is 5.14. The molecule has 1 aliphatic heterocycles. The smallest absolute Gasteiger partial charge is 0.174 e. The molecule has 4 rings (SSSR count). The number of rotatable bonds is 4. The van der Waals surface area contributed by atoms with Crippen LogP contribution in [0.15, 0.2) is 60.8 Å². The number of hydrogen-bond acceptors (Lipinski definition) is 3. The summed E-state index contributed by atoms with van der Waals surface area (Å²) >= 11 is 5.74. The van der Waals surface area contributed by atoms with Crippen molar-refractivity contribution in [3.8, 4) is 5.75 Å². The Bertz CT molecular complexity index is 969. The van der Waals surface area contributed by atoms with Crippen molar-refractivity contribution in [2.24, 2.45) is 7.05 Å². The molecule has 6 heteroatoms. The molecule has 1 aliphatic rings. The quantitative estimate of drug-likeness (QED) is 0.697. The lowest BCUT2D eigenvalue weighted by Crippen LogP contribution is -2.30. The maximum absolute atomic E-state index is 5.74. The Balaban J connectivity index is 1.85. The minimum Gasteiger partial charge on any atom is -0.497 e. The Kier molecular flexibility index (Phi) is 4.58. The van der Waals surface area contributed by atoms with Gasteiger partial charge >= 0.3 is 0 Å². The van der Waals surface area contributed by atoms with Gasteiger partial charge in [-0.05, 0) is 55.5 Å². The monoisotopic (exact) mass is 378 g/mol. The number of pyridine rings is 1. The largest absolute Gasteiger partial charge is 0.497 e. The fourth-order valence-electron chi connectivity index (χ4n) is 3.62. The van der Waals surface area contributed by atoms with Crippen molar-refractivity contribution in [3.63, 3.8) is 0 Å². The fourth-order valence-corrected chi connectivity index (χ4v) is 3.97. The zero-order valence-corrected chi connectivity index (χ0v) is 16.4. The summed E-state index contributed by atoms with van der Waals surface area (Å²) in [6, 6.07) is 18.2. The van der Waals surface area contributed by atoms with Crippen molar-refractivity contribution in [2.45, 2.75) is 19.0 Å². The number of hydrogen-bond donors (Lipinski definition) is 1. The van der Waals surface area contributed by atoms with Gasteiger partial charge in [-0.2, -0.15) is 0 Å². The topological polar surface area (TPSA) is 42.3 Å². The van der Waals surface area contributed by atoms with Crippen LogP contribution in [0.25, 0.3) is 0 Å². The van der Waals surface area contributed by atoms with Gasteiger partial charge in [0.1, 0.15) is 11.8 Å². The fraction of sp³-hybridized carbons (Fsp3) is 0.238. The molecule has 3 aromatic rings. The summed E-state index contributed by atoms with van der Waals surface area (Å²) in [4.78, 5) is 6.75. The molecule has 0 saturated carbocycles. The van der Waals surface area contributed by atoms with Crippen molar-refractivity contribution in [1.82, 2.24) is 14.9 Å². The van der Waals surface area contributed by atoms with Gasteiger partial charge < -0.3 is 19.5 Å². The van der Waals surface area contributed by atoms with Crippen molar-refractivity contribution >= 4 is 23.0 Å². The number of aryl methyl sites for hydroxylation is 1. The molecule has 5 nitrogen and oxygen atoms in total. The van der Waals surface area contributed by atoms with Gasteiger partial charge in [0.25, 0.3) is 0 Å². The predicted molar refractivity (Wildman–Crippen MR) is 111 cm³/mol. The molecule has 27 heavy (non-hydrogen) atoms. The van der Waals surface area contributed by atoms with E-state index < -0.39 is 0 Å². The van der Waals surface area contributed by atoms with Crippen LogP contribution in [0.4, 0.5) is 5.69 Å². The number of methoxy groups -OCH3 is 1. The van der Waals surface area contributed by atoms with Gasteiger partial charge in [-0.15, -0.1) is 0 Å². The van der Waals surface area contributed by atoms with E-state index in [1.807, 2.05) is 42.6 Å². The molecule has 1 fully saturated rings. The molecule has 1 saturated heterocycles. The molecule has 3 heterocycles. The van der Waals surface area contributed by atoms with E-state index in [-0.39, 0.29) is 12.1 Å². The van der Waals surface area contributed by atoms with E-state index in [1.165, 1.54) is 11.4 Å². The summed E-state index contributed by atoms with van der Waals surface area (Å²) in [6.45, 7) is 2.11. The zero-order chi connectivity index (χ0) is 19.0. The molecule has 1 aromatic carbocycles. The van der Waals surface area contributed by atoms with Gasteiger partial charge in [0.05, 0.1) is 18.8 Å². The molecule has 0 spiro atoms. The first-order valence-corrected chi connectivity index (χ1v) is 9.28. The third kappa shape index (κ3) is 3.06. The SMILES string of the molecule is COc1cccc(N2C(=S)N[C@H](c3ccccn3)[C@@H]2c2ccc(C)n2C)c1. The van der Waals surface area contributed by atoms with Gasteiger partial charge in [-0.25, -0.2) is 0 Å². The average molecular weight is 379 g/mol. The number of nitrogens with one attached hydrogen (secondary N) is 1. The third-order valence-corrected chi connectivity index (χ3v) is 5.46. The average Bonchev–Trinajstić information content (AvgIpc) is 3.21. The summed E-state index contributed by atoms with van der Waals surface area (Å²) in [7, 11) is 3.76. The van der Waals surface area contributed by atoms with E-state index in [2.05, 4.69) is 51.9 Å². The minimum absolute atomic E-state index is 0.0155. The minimum atomic E-state index is -0.0436. The second-order valence-corrected chi connectivity index (χ2v) is 7.04. The van der Waals surface area contributed by atoms with Crippen LogP contribution >= 0.6 is 12.2 Å². The Morgan fingerprint density at radius 3 is 2.63 bits per heavy atom. The van der Waals surface area contributed by atoms with Crippen LogP contribution in [0.2, 0.25) is 0 Å². The molecule has 2 aromatic heterocycles. The normalized spacial score (nSPS) is 19.2. The highest BCUT2D eigenvalue weighted by Gasteiger charge is 2.42. The van der Waals surface area contributed by atoms with E-state index >= 15 is 0 Å². The summed E-state index contributed by atoms with van der Waals surface area (Å²) < 4.78 is 7.63. The van der Waals surface area contributed by atoms with Gasteiger partial charge in [0.2, 0.25) is 0 Å². The Morgan fingerprint density at radius 1 is 1.11 bits per heavy atom. The van der Waals surface area contributed by atoms with Gasteiger partial charge in [-0.1, -0.05) is 12.1 Å². The van der Waals surface area contributed by atoms with Crippen LogP contribution < -0.4 is 15.0 Å². The van der Waals surface area contributed by atoms with E-state index in [0.29, 0.717) is 5.11 Å². The van der Waals surface area contributed by atoms with Crippen LogP contribution in [0.5, 0.6) is 5.75 Å². The van der Waals surface area contributed by atoms with Crippen molar-refractivity contribution < 1.29 is 4.74 Å². The lowest BCUT2D eigenvalue weighted by atomic mass is 10.0. The molecular formula is C21H22N4OS. The maximum atomic E-state index is 5.74. The number of anilines is 1. The van der Waals surface area contributed by atoms with E-state index in [0.717, 1.165) is 17.1 Å². The summed E-state index contributed by atoms with van der Waals surface area (Å²) in [5, 5.41) is 4.17. The van der Waals surface area contributed by atoms with Gasteiger partial charge in [0.15, 0.2) is 5.11 Å². The second-order valence-electron chi connectivity index (χ2n) is 6.66. The maximum Gasteiger partial charge on any atom is 0.174 e. The first kappa shape index (κ1) is 17.5. The van der Waals surface area contributed by atoms with E-state index in [9.17, 15) is 0 Å². The summed E-state index contributed by atoms with van der Waals surface area (Å²) in [5.74, 6) is 0.804. The Labute approximate surface area is 164 Å². The van der Waals surface area contributed by atoms with Gasteiger partial charge in [0, 0.05) is 36.4 Å². The first-order chi connectivity index (χ1) is 13.1. The molecular weight excluding hydrogens is 356 g/mol. The molecule has 0 aliphatic carbocycles. The highest BCUT2D eigenvalue weighted by molar-refractivity contribution is 7.80. The highest BCUT2D eigenvalue weighted by Crippen LogP contribution is 2.42. The number of benzene rings is 1. The van der Waals surface area contributed by atoms with Crippen molar-refractivity contribution in [1.29, 1.82) is 0 Å². The molecule has 1 N–H and O–H groups in total. The van der Waals surface area contributed by atoms with Crippen LogP contribution in [0.3, 0.4) is 0 Å². The number of thiocarbonyl (C=S) groups is 1. The van der Waals surface area contributed by atoms with Crippen molar-refractivity contribution in [2.75, 3.05) is 12.0 Å². The van der Waals surface area contributed by atoms with E-state index in [1.54, 1.807) is 7.11 Å². The molecule has 0 unspecified atom stereocenters. The number of aromatic nitrogens is 2. The summed E-state index contributed by atoms with van der Waals surface area (Å²) in [5.41, 5.74) is 4.34. The van der Waals surface area contributed by atoms with Crippen LogP contribution in [-0.2, 0) is 7.05 Å². The summed E-state index contributed by atoms with van der Waals surface area (Å²) in [6.07, 6.45) is 1.82. The van der Waals surface area contributed by atoms with Crippen LogP contribution in [-0.4, -0.2) is 21.8 Å². The van der Waals surface area contributed by atoms with Crippen molar-refractivity contribution in [3.05, 3.63) is 77.9 Å². The molecule has 138 valence electrons. The zero-order valence-electron chi connectivity index (χ0n) is 15.6. The standard InChI is InChI=1S/C21H22N4OS/c1-14-10-11-18(24(14)2)20-19(17-9-4-5-12-22-17)23-21(27)25(20)15-7-6-8-16(13-15)26-3/h4-13,19-20H,1-3H3,(H,23,27)/t19-,20+/m1/s1. The molecule has 0 bridgehead atoms. The first-order valence-electron chi connectivity index (χ1n) is 8.87. The lowest BCUT2D eigenvalue weighted by molar-refractivity contribution is 0.414. The van der Waals surface area contributed by atoms with Crippen LogP contribution in [0, 0.1) is 6.92 Å². The Morgan fingerprint density at radius 2 is 1.96 bits per heavy atom. The van der Waals surface area contributed by atoms with Crippen LogP contribution in [0.1, 0.15) is 29.2 Å². The second kappa shape index (κ2) is 7.04. The molecule has 0 amide bonds. The number of ether oxygens (including phenoxy) is 1. The Hall–Kier alpha value is -2.86. The predicted octanol–water partition coefficient (Wildman–Crippen LogP) is 3.91. The lowest BCUT2D eigenvalue weighted by Gasteiger charge is -2.28.